The molecule has 0 fully saturated rings. The van der Waals surface area contributed by atoms with Gasteiger partial charge in [-0.2, -0.15) is 0 Å². The Morgan fingerprint density at radius 3 is 2.84 bits per heavy atom. The molecule has 0 radical (unpaired) electrons. The lowest BCUT2D eigenvalue weighted by Crippen LogP contribution is -2.32. The van der Waals surface area contributed by atoms with E-state index in [2.05, 4.69) is 21.9 Å². The molecule has 0 N–H and O–H groups in total. The molecule has 1 aliphatic rings. The van der Waals surface area contributed by atoms with Gasteiger partial charge in [-0.05, 0) is 48.6 Å². The molecule has 0 unspecified atom stereocenters. The van der Waals surface area contributed by atoms with Gasteiger partial charge in [0.15, 0.2) is 5.78 Å². The van der Waals surface area contributed by atoms with Crippen molar-refractivity contribution in [2.75, 3.05) is 0 Å². The van der Waals surface area contributed by atoms with E-state index in [1.54, 1.807) is 12.4 Å². The first-order chi connectivity index (χ1) is 15.2. The van der Waals surface area contributed by atoms with Crippen LogP contribution in [0, 0.1) is 11.8 Å². The number of aromatic nitrogens is 3. The molecule has 0 amide bonds. The monoisotopic (exact) mass is 409 g/mol. The first-order valence-corrected chi connectivity index (χ1v) is 10.6. The minimum Gasteiger partial charge on any atom is -0.486 e. The maximum atomic E-state index is 13.3. The largest absolute Gasteiger partial charge is 0.486 e. The first-order valence-electron chi connectivity index (χ1n) is 10.6. The summed E-state index contributed by atoms with van der Waals surface area (Å²) in [6.45, 7) is 2.45. The maximum Gasteiger partial charge on any atom is 0.168 e. The number of ketones is 1. The van der Waals surface area contributed by atoms with Crippen LogP contribution in [-0.2, 0) is 19.4 Å². The molecule has 0 saturated heterocycles. The van der Waals surface area contributed by atoms with E-state index in [0.717, 1.165) is 34.3 Å². The fourth-order valence-electron chi connectivity index (χ4n) is 4.25. The Balaban J connectivity index is 1.34. The molecule has 3 aromatic heterocycles. The van der Waals surface area contributed by atoms with Gasteiger partial charge in [0.25, 0.3) is 0 Å². The Labute approximate surface area is 181 Å². The van der Waals surface area contributed by atoms with Crippen LogP contribution in [0.15, 0.2) is 73.2 Å². The molecule has 1 aromatic carbocycles. The number of hydrogen-bond acceptors (Lipinski definition) is 5. The topological polar surface area (TPSA) is 65.0 Å². The number of hydrogen-bond donors (Lipinski definition) is 0. The molecule has 5 nitrogen and oxygen atoms in total. The second-order valence-corrected chi connectivity index (χ2v) is 8.17. The standard InChI is InChI=1S/C26H23N3O2/c1-17-11-25-23(26(30)22(17)12-18-5-4-10-27-14-18)13-21(15-28-25)31-16-20-9-8-19-6-2-3-7-24(19)29-20/h2-10,13-15,17,22H,11-12,16H2,1H3/t17-,22+/m1/s1. The number of Topliss-reactive ketones (excluding diaryl/α,β-unsaturated/α-hetero) is 1. The zero-order valence-electron chi connectivity index (χ0n) is 17.4. The summed E-state index contributed by atoms with van der Waals surface area (Å²) in [5.74, 6) is 0.897. The predicted molar refractivity (Wildman–Crippen MR) is 119 cm³/mol. The smallest absolute Gasteiger partial charge is 0.168 e. The molecule has 1 aliphatic carbocycles. The van der Waals surface area contributed by atoms with E-state index in [1.807, 2.05) is 60.8 Å². The number of para-hydroxylation sites is 1. The molecule has 154 valence electrons. The molecule has 0 spiro atoms. The van der Waals surface area contributed by atoms with E-state index in [1.165, 1.54) is 0 Å². The zero-order valence-corrected chi connectivity index (χ0v) is 17.4. The quantitative estimate of drug-likeness (QED) is 0.472. The van der Waals surface area contributed by atoms with Gasteiger partial charge in [0, 0.05) is 29.3 Å². The third-order valence-corrected chi connectivity index (χ3v) is 5.97. The minimum atomic E-state index is -0.0732. The van der Waals surface area contributed by atoms with Crippen LogP contribution < -0.4 is 4.74 Å². The fraction of sp³-hybridized carbons (Fsp3) is 0.231. The highest BCUT2D eigenvalue weighted by Crippen LogP contribution is 2.33. The molecule has 0 bridgehead atoms. The van der Waals surface area contributed by atoms with Crippen LogP contribution in [0.25, 0.3) is 10.9 Å². The molecule has 4 aromatic rings. The highest BCUT2D eigenvalue weighted by Gasteiger charge is 2.34. The third kappa shape index (κ3) is 4.04. The summed E-state index contributed by atoms with van der Waals surface area (Å²) in [6.07, 6.45) is 6.78. The number of rotatable bonds is 5. The van der Waals surface area contributed by atoms with Crippen molar-refractivity contribution in [3.05, 3.63) is 95.7 Å². The number of pyridine rings is 3. The maximum absolute atomic E-state index is 13.3. The van der Waals surface area contributed by atoms with Gasteiger partial charge in [-0.15, -0.1) is 0 Å². The SMILES string of the molecule is C[C@@H]1Cc2ncc(OCc3ccc4ccccc4n3)cc2C(=O)[C@H]1Cc1cccnc1. The van der Waals surface area contributed by atoms with Crippen LogP contribution in [0.4, 0.5) is 0 Å². The summed E-state index contributed by atoms with van der Waals surface area (Å²) in [6, 6.07) is 17.8. The van der Waals surface area contributed by atoms with Crippen molar-refractivity contribution >= 4 is 16.7 Å². The first kappa shape index (κ1) is 19.4. The van der Waals surface area contributed by atoms with E-state index >= 15 is 0 Å². The summed E-state index contributed by atoms with van der Waals surface area (Å²) < 4.78 is 5.95. The van der Waals surface area contributed by atoms with Crippen LogP contribution in [0.3, 0.4) is 0 Å². The molecule has 0 aliphatic heterocycles. The van der Waals surface area contributed by atoms with E-state index in [9.17, 15) is 4.79 Å². The van der Waals surface area contributed by atoms with Gasteiger partial charge in [0.2, 0.25) is 0 Å². The highest BCUT2D eigenvalue weighted by molar-refractivity contribution is 6.00. The lowest BCUT2D eigenvalue weighted by Gasteiger charge is -2.29. The number of ether oxygens (including phenoxy) is 1. The fourth-order valence-corrected chi connectivity index (χ4v) is 4.25. The van der Waals surface area contributed by atoms with Crippen molar-refractivity contribution in [1.82, 2.24) is 15.0 Å². The van der Waals surface area contributed by atoms with Crippen LogP contribution >= 0.6 is 0 Å². The molecule has 31 heavy (non-hydrogen) atoms. The van der Waals surface area contributed by atoms with E-state index in [0.29, 0.717) is 24.3 Å². The van der Waals surface area contributed by atoms with Gasteiger partial charge in [-0.1, -0.05) is 37.3 Å². The molecule has 5 heteroatoms. The van der Waals surface area contributed by atoms with Crippen LogP contribution in [0.5, 0.6) is 5.75 Å². The Kier molecular flexibility index (Phi) is 5.16. The summed E-state index contributed by atoms with van der Waals surface area (Å²) in [5.41, 5.74) is 4.39. The van der Waals surface area contributed by atoms with Crippen LogP contribution in [0.2, 0.25) is 0 Å². The molecular weight excluding hydrogens is 386 g/mol. The van der Waals surface area contributed by atoms with Gasteiger partial charge >= 0.3 is 0 Å². The molecular formula is C26H23N3O2. The van der Waals surface area contributed by atoms with Gasteiger partial charge < -0.3 is 4.74 Å². The van der Waals surface area contributed by atoms with Crippen molar-refractivity contribution in [1.29, 1.82) is 0 Å². The van der Waals surface area contributed by atoms with Crippen molar-refractivity contribution in [3.8, 4) is 5.75 Å². The normalized spacial score (nSPS) is 18.0. The Morgan fingerprint density at radius 2 is 1.97 bits per heavy atom. The highest BCUT2D eigenvalue weighted by atomic mass is 16.5. The van der Waals surface area contributed by atoms with E-state index in [-0.39, 0.29) is 17.6 Å². The van der Waals surface area contributed by atoms with Gasteiger partial charge in [0.1, 0.15) is 12.4 Å². The Bertz CT molecular complexity index is 1240. The summed E-state index contributed by atoms with van der Waals surface area (Å²) in [7, 11) is 0. The number of nitrogens with zero attached hydrogens (tertiary/aromatic N) is 3. The number of carbonyl (C=O) groups excluding carboxylic acids is 1. The second kappa shape index (κ2) is 8.26. The van der Waals surface area contributed by atoms with Crippen molar-refractivity contribution in [2.45, 2.75) is 26.4 Å². The number of fused-ring (bicyclic) bond motifs is 2. The van der Waals surface area contributed by atoms with Gasteiger partial charge in [-0.3, -0.25) is 14.8 Å². The lowest BCUT2D eigenvalue weighted by atomic mass is 9.75. The number of carbonyl (C=O) groups is 1. The van der Waals surface area contributed by atoms with Gasteiger partial charge in [0.05, 0.1) is 23.1 Å². The van der Waals surface area contributed by atoms with Gasteiger partial charge in [-0.25, -0.2) is 4.98 Å². The summed E-state index contributed by atoms with van der Waals surface area (Å²) in [4.78, 5) is 26.6. The Morgan fingerprint density at radius 1 is 1.06 bits per heavy atom. The van der Waals surface area contributed by atoms with Crippen molar-refractivity contribution < 1.29 is 9.53 Å². The van der Waals surface area contributed by atoms with Crippen molar-refractivity contribution in [2.24, 2.45) is 11.8 Å². The van der Waals surface area contributed by atoms with Crippen LogP contribution in [-0.4, -0.2) is 20.7 Å². The lowest BCUT2D eigenvalue weighted by molar-refractivity contribution is 0.0857. The summed E-state index contributed by atoms with van der Waals surface area (Å²) >= 11 is 0. The molecule has 0 saturated carbocycles. The minimum absolute atomic E-state index is 0.0732. The third-order valence-electron chi connectivity index (χ3n) is 5.97. The van der Waals surface area contributed by atoms with Crippen LogP contribution in [0.1, 0.15) is 34.2 Å². The number of benzene rings is 1. The predicted octanol–water partition coefficient (Wildman–Crippen LogP) is 4.84. The second-order valence-electron chi connectivity index (χ2n) is 8.17. The Hall–Kier alpha value is -3.60. The molecule has 3 heterocycles. The zero-order chi connectivity index (χ0) is 21.2. The summed E-state index contributed by atoms with van der Waals surface area (Å²) in [5, 5.41) is 1.10. The van der Waals surface area contributed by atoms with Crippen molar-refractivity contribution in [3.63, 3.8) is 0 Å². The average Bonchev–Trinajstić information content (AvgIpc) is 2.81. The van der Waals surface area contributed by atoms with E-state index in [4.69, 9.17) is 4.74 Å². The van der Waals surface area contributed by atoms with E-state index < -0.39 is 0 Å². The molecule has 2 atom stereocenters. The average molecular weight is 409 g/mol. The molecule has 5 rings (SSSR count).